The predicted molar refractivity (Wildman–Crippen MR) is 78.0 cm³/mol. The number of hydrogen-bond donors (Lipinski definition) is 2. The standard InChI is InChI=1S/C13H14BrNO3S/c14-10-5-3-9(19-10)4-6-11(16)15-13(12(17)18)7-1-2-8-13/h3-6H,1-2,7-8H2,(H,15,16)(H,17,18)/b6-4+. The minimum atomic E-state index is -1.07. The van der Waals surface area contributed by atoms with E-state index in [9.17, 15) is 14.7 Å². The molecule has 0 atom stereocenters. The first-order valence-corrected chi connectivity index (χ1v) is 7.62. The van der Waals surface area contributed by atoms with E-state index in [-0.39, 0.29) is 5.91 Å². The minimum absolute atomic E-state index is 0.353. The third-order valence-corrected chi connectivity index (χ3v) is 4.81. The van der Waals surface area contributed by atoms with Gasteiger partial charge in [-0.2, -0.15) is 0 Å². The number of carboxylic acids is 1. The van der Waals surface area contributed by atoms with Gasteiger partial charge in [-0.05, 0) is 47.0 Å². The molecule has 1 heterocycles. The number of carboxylic acid groups (broad SMARTS) is 1. The van der Waals surface area contributed by atoms with Crippen molar-refractivity contribution in [2.24, 2.45) is 0 Å². The predicted octanol–water partition coefficient (Wildman–Crippen LogP) is 3.04. The lowest BCUT2D eigenvalue weighted by atomic mass is 9.98. The fourth-order valence-electron chi connectivity index (χ4n) is 2.22. The second kappa shape index (κ2) is 5.88. The number of aliphatic carboxylic acids is 1. The van der Waals surface area contributed by atoms with Crippen LogP contribution in [0, 0.1) is 0 Å². The Morgan fingerprint density at radius 3 is 2.58 bits per heavy atom. The summed E-state index contributed by atoms with van der Waals surface area (Å²) in [5, 5.41) is 11.9. The molecule has 0 bridgehead atoms. The van der Waals surface area contributed by atoms with E-state index in [1.807, 2.05) is 12.1 Å². The number of halogens is 1. The summed E-state index contributed by atoms with van der Waals surface area (Å²) in [5.74, 6) is -1.29. The van der Waals surface area contributed by atoms with Gasteiger partial charge in [-0.3, -0.25) is 4.79 Å². The molecule has 1 aliphatic rings. The van der Waals surface area contributed by atoms with E-state index in [0.29, 0.717) is 12.8 Å². The van der Waals surface area contributed by atoms with Crippen LogP contribution in [0.3, 0.4) is 0 Å². The van der Waals surface area contributed by atoms with Crippen molar-refractivity contribution in [3.63, 3.8) is 0 Å². The fourth-order valence-corrected chi connectivity index (χ4v) is 3.55. The lowest BCUT2D eigenvalue weighted by Gasteiger charge is -2.24. The topological polar surface area (TPSA) is 66.4 Å². The minimum Gasteiger partial charge on any atom is -0.480 e. The SMILES string of the molecule is O=C(/C=C/c1ccc(Br)s1)NC1(C(=O)O)CCCC1. The third-order valence-electron chi connectivity index (χ3n) is 3.22. The molecule has 1 aliphatic carbocycles. The molecule has 1 fully saturated rings. The van der Waals surface area contributed by atoms with Gasteiger partial charge in [0.25, 0.3) is 0 Å². The molecule has 1 aromatic rings. The highest BCUT2D eigenvalue weighted by Gasteiger charge is 2.42. The normalized spacial score (nSPS) is 17.7. The number of amides is 1. The van der Waals surface area contributed by atoms with E-state index >= 15 is 0 Å². The highest BCUT2D eigenvalue weighted by molar-refractivity contribution is 9.11. The molecule has 2 rings (SSSR count). The van der Waals surface area contributed by atoms with Crippen molar-refractivity contribution in [3.8, 4) is 0 Å². The number of rotatable bonds is 4. The van der Waals surface area contributed by atoms with E-state index < -0.39 is 11.5 Å². The Kier molecular flexibility index (Phi) is 4.42. The highest BCUT2D eigenvalue weighted by Crippen LogP contribution is 2.30. The largest absolute Gasteiger partial charge is 0.480 e. The van der Waals surface area contributed by atoms with Crippen LogP contribution in [0.5, 0.6) is 0 Å². The van der Waals surface area contributed by atoms with Gasteiger partial charge in [-0.15, -0.1) is 11.3 Å². The molecule has 0 unspecified atom stereocenters. The average Bonchev–Trinajstić information content (AvgIpc) is 2.97. The molecule has 2 N–H and O–H groups in total. The third kappa shape index (κ3) is 3.45. The van der Waals surface area contributed by atoms with Crippen molar-refractivity contribution >= 4 is 45.2 Å². The van der Waals surface area contributed by atoms with E-state index in [0.717, 1.165) is 21.5 Å². The Morgan fingerprint density at radius 2 is 2.05 bits per heavy atom. The Balaban J connectivity index is 2.00. The van der Waals surface area contributed by atoms with Crippen LogP contribution in [-0.4, -0.2) is 22.5 Å². The van der Waals surface area contributed by atoms with E-state index in [4.69, 9.17) is 0 Å². The fraction of sp³-hybridized carbons (Fsp3) is 0.385. The van der Waals surface area contributed by atoms with Gasteiger partial charge in [0.2, 0.25) is 5.91 Å². The Hall–Kier alpha value is -1.14. The van der Waals surface area contributed by atoms with Gasteiger partial charge < -0.3 is 10.4 Å². The first-order valence-electron chi connectivity index (χ1n) is 6.01. The van der Waals surface area contributed by atoms with E-state index in [1.54, 1.807) is 6.08 Å². The second-order valence-corrected chi connectivity index (χ2v) is 7.05. The number of carbonyl (C=O) groups is 2. The van der Waals surface area contributed by atoms with Gasteiger partial charge in [-0.25, -0.2) is 4.79 Å². The second-order valence-electron chi connectivity index (χ2n) is 4.56. The smallest absolute Gasteiger partial charge is 0.329 e. The van der Waals surface area contributed by atoms with Crippen LogP contribution in [0.4, 0.5) is 0 Å². The van der Waals surface area contributed by atoms with Crippen LogP contribution >= 0.6 is 27.3 Å². The number of nitrogens with one attached hydrogen (secondary N) is 1. The summed E-state index contributed by atoms with van der Waals surface area (Å²) in [5.41, 5.74) is -1.07. The van der Waals surface area contributed by atoms with Crippen LogP contribution < -0.4 is 5.32 Å². The van der Waals surface area contributed by atoms with Gasteiger partial charge in [0.1, 0.15) is 5.54 Å². The molecule has 19 heavy (non-hydrogen) atoms. The van der Waals surface area contributed by atoms with Gasteiger partial charge in [0.05, 0.1) is 3.79 Å². The molecule has 0 spiro atoms. The zero-order valence-corrected chi connectivity index (χ0v) is 12.6. The van der Waals surface area contributed by atoms with Crippen LogP contribution in [0.15, 0.2) is 22.0 Å². The maximum atomic E-state index is 11.8. The van der Waals surface area contributed by atoms with Crippen LogP contribution in [0.2, 0.25) is 0 Å². The van der Waals surface area contributed by atoms with E-state index in [2.05, 4.69) is 21.2 Å². The Morgan fingerprint density at radius 1 is 1.37 bits per heavy atom. The van der Waals surface area contributed by atoms with Crippen molar-refractivity contribution in [3.05, 3.63) is 26.9 Å². The summed E-state index contributed by atoms with van der Waals surface area (Å²) >= 11 is 4.86. The number of hydrogen-bond acceptors (Lipinski definition) is 3. The molecular formula is C13H14BrNO3S. The molecule has 1 saturated carbocycles. The van der Waals surface area contributed by atoms with Gasteiger partial charge >= 0.3 is 5.97 Å². The Labute approximate surface area is 123 Å². The Bertz CT molecular complexity index is 518. The zero-order chi connectivity index (χ0) is 13.9. The number of carbonyl (C=O) groups excluding carboxylic acids is 1. The van der Waals surface area contributed by atoms with Crippen molar-refractivity contribution in [1.82, 2.24) is 5.32 Å². The summed E-state index contributed by atoms with van der Waals surface area (Å²) in [6, 6.07) is 3.79. The summed E-state index contributed by atoms with van der Waals surface area (Å²) in [4.78, 5) is 24.1. The molecule has 1 aromatic heterocycles. The molecule has 0 aromatic carbocycles. The lowest BCUT2D eigenvalue weighted by molar-refractivity contribution is -0.146. The maximum Gasteiger partial charge on any atom is 0.329 e. The molecule has 102 valence electrons. The zero-order valence-electron chi connectivity index (χ0n) is 10.2. The molecule has 6 heteroatoms. The molecule has 0 aliphatic heterocycles. The average molecular weight is 344 g/mol. The summed E-state index contributed by atoms with van der Waals surface area (Å²) < 4.78 is 0.991. The first kappa shape index (κ1) is 14.3. The molecule has 4 nitrogen and oxygen atoms in total. The van der Waals surface area contributed by atoms with Gasteiger partial charge in [0, 0.05) is 11.0 Å². The monoisotopic (exact) mass is 343 g/mol. The summed E-state index contributed by atoms with van der Waals surface area (Å²) in [6.07, 6.45) is 5.78. The molecule has 0 saturated heterocycles. The summed E-state index contributed by atoms with van der Waals surface area (Å²) in [7, 11) is 0. The van der Waals surface area contributed by atoms with Gasteiger partial charge in [0.15, 0.2) is 0 Å². The first-order chi connectivity index (χ1) is 9.02. The van der Waals surface area contributed by atoms with Crippen molar-refractivity contribution < 1.29 is 14.7 Å². The summed E-state index contributed by atoms with van der Waals surface area (Å²) in [6.45, 7) is 0. The van der Waals surface area contributed by atoms with E-state index in [1.165, 1.54) is 17.4 Å². The van der Waals surface area contributed by atoms with Crippen molar-refractivity contribution in [2.45, 2.75) is 31.2 Å². The van der Waals surface area contributed by atoms with Crippen molar-refractivity contribution in [2.75, 3.05) is 0 Å². The van der Waals surface area contributed by atoms with Crippen LogP contribution in [0.25, 0.3) is 6.08 Å². The molecular weight excluding hydrogens is 330 g/mol. The number of thiophene rings is 1. The lowest BCUT2D eigenvalue weighted by Crippen LogP contribution is -2.52. The molecule has 0 radical (unpaired) electrons. The van der Waals surface area contributed by atoms with Crippen LogP contribution in [-0.2, 0) is 9.59 Å². The maximum absolute atomic E-state index is 11.8. The van der Waals surface area contributed by atoms with Crippen molar-refractivity contribution in [1.29, 1.82) is 0 Å². The van der Waals surface area contributed by atoms with Gasteiger partial charge in [-0.1, -0.05) is 12.8 Å². The van der Waals surface area contributed by atoms with Crippen LogP contribution in [0.1, 0.15) is 30.6 Å². The highest BCUT2D eigenvalue weighted by atomic mass is 79.9. The quantitative estimate of drug-likeness (QED) is 0.825. The molecule has 1 amide bonds.